The van der Waals surface area contributed by atoms with Gasteiger partial charge < -0.3 is 10.2 Å². The van der Waals surface area contributed by atoms with E-state index >= 15 is 0 Å². The molecular weight excluding hydrogens is 202 g/mol. The smallest absolute Gasteiger partial charge is 0.0664 e. The Balaban J connectivity index is 3.94. The van der Waals surface area contributed by atoms with Crippen LogP contribution in [0.2, 0.25) is 0 Å². The Morgan fingerprint density at radius 1 is 0.875 bits per heavy atom. The second-order valence-electron chi connectivity index (χ2n) is 4.59. The average molecular weight is 231 g/mol. The van der Waals surface area contributed by atoms with Crippen molar-refractivity contribution >= 4 is 0 Å². The summed E-state index contributed by atoms with van der Waals surface area (Å²) >= 11 is 0. The highest BCUT2D eigenvalue weighted by molar-refractivity contribution is 4.67. The van der Waals surface area contributed by atoms with E-state index in [0.29, 0.717) is 13.1 Å². The molecule has 0 amide bonds. The van der Waals surface area contributed by atoms with E-state index < -0.39 is 0 Å². The summed E-state index contributed by atoms with van der Waals surface area (Å²) in [5.74, 6) is 0. The average Bonchev–Trinajstić information content (AvgIpc) is 2.28. The van der Waals surface area contributed by atoms with E-state index in [0.717, 1.165) is 25.8 Å². The molecule has 0 aliphatic rings. The third-order valence-corrected chi connectivity index (χ3v) is 2.96. The van der Waals surface area contributed by atoms with E-state index in [1.165, 1.54) is 12.8 Å². The summed E-state index contributed by atoms with van der Waals surface area (Å²) in [5, 5.41) is 19.3. The lowest BCUT2D eigenvalue weighted by molar-refractivity contribution is 0.0655. The number of aliphatic hydroxyl groups excluding tert-OH is 2. The minimum Gasteiger partial charge on any atom is -0.392 e. The van der Waals surface area contributed by atoms with Gasteiger partial charge in [0.25, 0.3) is 0 Å². The van der Waals surface area contributed by atoms with Gasteiger partial charge in [0.05, 0.1) is 12.2 Å². The highest BCUT2D eigenvalue weighted by Crippen LogP contribution is 2.04. The number of rotatable bonds is 10. The maximum Gasteiger partial charge on any atom is 0.0664 e. The Morgan fingerprint density at radius 2 is 1.38 bits per heavy atom. The normalized spacial score (nSPS) is 15.4. The van der Waals surface area contributed by atoms with Crippen molar-refractivity contribution < 1.29 is 10.2 Å². The van der Waals surface area contributed by atoms with Crippen LogP contribution in [0.5, 0.6) is 0 Å². The largest absolute Gasteiger partial charge is 0.392 e. The number of unbranched alkanes of at least 4 members (excludes halogenated alkanes) is 2. The molecule has 0 aliphatic carbocycles. The first-order valence-electron chi connectivity index (χ1n) is 6.72. The lowest BCUT2D eigenvalue weighted by Crippen LogP contribution is -2.38. The van der Waals surface area contributed by atoms with Crippen LogP contribution in [0.25, 0.3) is 0 Å². The fourth-order valence-corrected chi connectivity index (χ4v) is 1.70. The quantitative estimate of drug-likeness (QED) is 0.565. The third-order valence-electron chi connectivity index (χ3n) is 2.96. The van der Waals surface area contributed by atoms with Crippen LogP contribution in [0.3, 0.4) is 0 Å². The highest BCUT2D eigenvalue weighted by Gasteiger charge is 2.13. The van der Waals surface area contributed by atoms with Gasteiger partial charge in [-0.1, -0.05) is 33.6 Å². The van der Waals surface area contributed by atoms with Crippen LogP contribution in [0.4, 0.5) is 0 Å². The zero-order valence-electron chi connectivity index (χ0n) is 11.2. The molecule has 0 aliphatic heterocycles. The zero-order chi connectivity index (χ0) is 12.4. The summed E-state index contributed by atoms with van der Waals surface area (Å²) in [5.41, 5.74) is 0. The zero-order valence-corrected chi connectivity index (χ0v) is 11.2. The van der Waals surface area contributed by atoms with Crippen molar-refractivity contribution in [3.63, 3.8) is 0 Å². The van der Waals surface area contributed by atoms with Gasteiger partial charge in [0.15, 0.2) is 0 Å². The molecule has 0 spiro atoms. The van der Waals surface area contributed by atoms with E-state index in [1.807, 2.05) is 13.8 Å². The molecule has 2 N–H and O–H groups in total. The molecule has 0 saturated heterocycles. The molecule has 0 aromatic carbocycles. The molecule has 0 rings (SSSR count). The maximum absolute atomic E-state index is 9.65. The summed E-state index contributed by atoms with van der Waals surface area (Å²) in [6, 6.07) is 0. The number of nitrogens with zero attached hydrogens (tertiary/aromatic N) is 1. The van der Waals surface area contributed by atoms with Crippen LogP contribution in [0, 0.1) is 0 Å². The summed E-state index contributed by atoms with van der Waals surface area (Å²) in [6.45, 7) is 8.54. The van der Waals surface area contributed by atoms with Gasteiger partial charge in [0.1, 0.15) is 0 Å². The van der Waals surface area contributed by atoms with Gasteiger partial charge in [0, 0.05) is 13.1 Å². The van der Waals surface area contributed by atoms with Crippen molar-refractivity contribution in [3.8, 4) is 0 Å². The van der Waals surface area contributed by atoms with Crippen molar-refractivity contribution in [1.29, 1.82) is 0 Å². The van der Waals surface area contributed by atoms with Gasteiger partial charge in [-0.3, -0.25) is 4.90 Å². The van der Waals surface area contributed by atoms with Gasteiger partial charge in [-0.05, 0) is 25.8 Å². The molecule has 0 saturated carbocycles. The second-order valence-corrected chi connectivity index (χ2v) is 4.59. The van der Waals surface area contributed by atoms with Gasteiger partial charge in [0.2, 0.25) is 0 Å². The summed E-state index contributed by atoms with van der Waals surface area (Å²) in [7, 11) is 0. The fourth-order valence-electron chi connectivity index (χ4n) is 1.70. The molecule has 0 radical (unpaired) electrons. The first kappa shape index (κ1) is 15.9. The maximum atomic E-state index is 9.65. The second kappa shape index (κ2) is 10.1. The van der Waals surface area contributed by atoms with Crippen molar-refractivity contribution in [2.45, 2.75) is 65.1 Å². The van der Waals surface area contributed by atoms with Crippen molar-refractivity contribution in [2.75, 3.05) is 19.6 Å². The van der Waals surface area contributed by atoms with Gasteiger partial charge in [-0.2, -0.15) is 0 Å². The molecule has 16 heavy (non-hydrogen) atoms. The Morgan fingerprint density at radius 3 is 1.75 bits per heavy atom. The molecule has 2 unspecified atom stereocenters. The topological polar surface area (TPSA) is 43.7 Å². The van der Waals surface area contributed by atoms with E-state index in [1.54, 1.807) is 0 Å². The van der Waals surface area contributed by atoms with Crippen LogP contribution in [-0.4, -0.2) is 47.0 Å². The Kier molecular flexibility index (Phi) is 9.99. The van der Waals surface area contributed by atoms with E-state index in [9.17, 15) is 10.2 Å². The first-order valence-corrected chi connectivity index (χ1v) is 6.72. The lowest BCUT2D eigenvalue weighted by atomic mass is 10.2. The Labute approximate surface area is 100 Å². The predicted molar refractivity (Wildman–Crippen MR) is 68.6 cm³/mol. The van der Waals surface area contributed by atoms with Gasteiger partial charge in [-0.15, -0.1) is 0 Å². The molecule has 0 fully saturated rings. The highest BCUT2D eigenvalue weighted by atomic mass is 16.3. The fraction of sp³-hybridized carbons (Fsp3) is 1.00. The number of hydrogen-bond donors (Lipinski definition) is 2. The van der Waals surface area contributed by atoms with Crippen molar-refractivity contribution in [2.24, 2.45) is 0 Å². The molecule has 0 bridgehead atoms. The van der Waals surface area contributed by atoms with Crippen LogP contribution in [0.15, 0.2) is 0 Å². The summed E-state index contributed by atoms with van der Waals surface area (Å²) < 4.78 is 0. The third kappa shape index (κ3) is 8.08. The molecule has 0 heterocycles. The Hall–Kier alpha value is -0.120. The molecule has 0 aromatic rings. The standard InChI is InChI=1S/C13H29NO2/c1-4-7-8-9-14(10-12(15)5-2)11-13(16)6-3/h12-13,15-16H,4-11H2,1-3H3. The van der Waals surface area contributed by atoms with E-state index in [4.69, 9.17) is 0 Å². The van der Waals surface area contributed by atoms with E-state index in [-0.39, 0.29) is 12.2 Å². The monoisotopic (exact) mass is 231 g/mol. The molecule has 98 valence electrons. The minimum absolute atomic E-state index is 0.259. The molecular formula is C13H29NO2. The number of aliphatic hydroxyl groups is 2. The van der Waals surface area contributed by atoms with Crippen LogP contribution < -0.4 is 0 Å². The summed E-state index contributed by atoms with van der Waals surface area (Å²) in [6.07, 6.45) is 4.64. The summed E-state index contributed by atoms with van der Waals surface area (Å²) in [4.78, 5) is 2.19. The molecule has 3 heteroatoms. The van der Waals surface area contributed by atoms with Crippen LogP contribution >= 0.6 is 0 Å². The van der Waals surface area contributed by atoms with Crippen LogP contribution in [0.1, 0.15) is 52.9 Å². The Bertz CT molecular complexity index is 141. The van der Waals surface area contributed by atoms with Crippen molar-refractivity contribution in [1.82, 2.24) is 4.90 Å². The molecule has 0 aromatic heterocycles. The minimum atomic E-state index is -0.259. The van der Waals surface area contributed by atoms with Gasteiger partial charge in [-0.25, -0.2) is 0 Å². The predicted octanol–water partition coefficient (Wildman–Crippen LogP) is 2.02. The molecule has 3 nitrogen and oxygen atoms in total. The first-order chi connectivity index (χ1) is 7.63. The number of hydrogen-bond acceptors (Lipinski definition) is 3. The van der Waals surface area contributed by atoms with Gasteiger partial charge >= 0.3 is 0 Å². The van der Waals surface area contributed by atoms with Crippen molar-refractivity contribution in [3.05, 3.63) is 0 Å². The SMILES string of the molecule is CCCCCN(CC(O)CC)CC(O)CC. The lowest BCUT2D eigenvalue weighted by Gasteiger charge is -2.26. The van der Waals surface area contributed by atoms with E-state index in [2.05, 4.69) is 11.8 Å². The molecule has 2 atom stereocenters. The van der Waals surface area contributed by atoms with Crippen LogP contribution in [-0.2, 0) is 0 Å².